The molecular weight excluding hydrogens is 278 g/mol. The molecule has 0 fully saturated rings. The van der Waals surface area contributed by atoms with Crippen molar-refractivity contribution in [3.8, 4) is 5.75 Å². The zero-order valence-corrected chi connectivity index (χ0v) is 12.6. The molecule has 4 nitrogen and oxygen atoms in total. The Morgan fingerprint density at radius 2 is 2.00 bits per heavy atom. The van der Waals surface area contributed by atoms with Crippen LogP contribution in [0.4, 0.5) is 0 Å². The number of benzene rings is 2. The highest BCUT2D eigenvalue weighted by Crippen LogP contribution is 2.24. The minimum Gasteiger partial charge on any atom is -0.496 e. The summed E-state index contributed by atoms with van der Waals surface area (Å²) in [4.78, 5) is 13.5. The summed E-state index contributed by atoms with van der Waals surface area (Å²) in [6.45, 7) is 2.74. The lowest BCUT2D eigenvalue weighted by molar-refractivity contribution is 0.0693. The first-order valence-corrected chi connectivity index (χ1v) is 7.36. The molecule has 0 saturated heterocycles. The first-order valence-electron chi connectivity index (χ1n) is 7.36. The number of rotatable bonds is 4. The van der Waals surface area contributed by atoms with Crippen molar-refractivity contribution in [2.45, 2.75) is 19.5 Å². The van der Waals surface area contributed by atoms with E-state index in [4.69, 9.17) is 9.84 Å². The molecule has 2 aromatic rings. The van der Waals surface area contributed by atoms with Gasteiger partial charge in [-0.15, -0.1) is 0 Å². The predicted octanol–water partition coefficient (Wildman–Crippen LogP) is 2.95. The Balaban J connectivity index is 1.76. The fraction of sp³-hybridized carbons (Fsp3) is 0.278. The van der Waals surface area contributed by atoms with E-state index in [9.17, 15) is 4.79 Å². The van der Waals surface area contributed by atoms with Gasteiger partial charge in [-0.25, -0.2) is 4.79 Å². The van der Waals surface area contributed by atoms with Gasteiger partial charge in [-0.05, 0) is 35.2 Å². The maximum absolute atomic E-state index is 11.1. The molecule has 4 heteroatoms. The van der Waals surface area contributed by atoms with Gasteiger partial charge in [0.05, 0.1) is 7.11 Å². The van der Waals surface area contributed by atoms with Crippen LogP contribution in [0.1, 0.15) is 27.0 Å². The number of carbonyl (C=O) groups is 1. The van der Waals surface area contributed by atoms with Crippen molar-refractivity contribution >= 4 is 5.97 Å². The minimum atomic E-state index is -0.963. The molecule has 22 heavy (non-hydrogen) atoms. The number of nitrogens with zero attached hydrogens (tertiary/aromatic N) is 1. The fourth-order valence-electron chi connectivity index (χ4n) is 2.96. The quantitative estimate of drug-likeness (QED) is 0.942. The summed E-state index contributed by atoms with van der Waals surface area (Å²) in [7, 11) is 1.50. The van der Waals surface area contributed by atoms with Gasteiger partial charge in [0.15, 0.2) is 0 Å². The van der Waals surface area contributed by atoms with Gasteiger partial charge in [0, 0.05) is 19.6 Å². The second kappa shape index (κ2) is 6.20. The lowest BCUT2D eigenvalue weighted by atomic mass is 9.99. The molecule has 0 amide bonds. The lowest BCUT2D eigenvalue weighted by Gasteiger charge is -2.28. The van der Waals surface area contributed by atoms with Crippen LogP contribution in [0.15, 0.2) is 42.5 Å². The SMILES string of the molecule is COc1cc(CN2CCc3ccccc3C2)ccc1C(=O)O. The molecule has 0 atom stereocenters. The standard InChI is InChI=1S/C18H19NO3/c1-22-17-10-13(6-7-16(17)18(20)21)11-19-9-8-14-4-2-3-5-15(14)12-19/h2-7,10H,8-9,11-12H2,1H3,(H,20,21). The Hall–Kier alpha value is -2.33. The number of ether oxygens (including phenoxy) is 1. The Morgan fingerprint density at radius 3 is 2.73 bits per heavy atom. The highest BCUT2D eigenvalue weighted by Gasteiger charge is 2.17. The fourth-order valence-corrected chi connectivity index (χ4v) is 2.96. The maximum Gasteiger partial charge on any atom is 0.339 e. The number of carboxylic acids is 1. The molecule has 0 aliphatic carbocycles. The number of carboxylic acid groups (broad SMARTS) is 1. The maximum atomic E-state index is 11.1. The van der Waals surface area contributed by atoms with E-state index in [1.807, 2.05) is 12.1 Å². The average molecular weight is 297 g/mol. The Bertz CT molecular complexity index is 696. The van der Waals surface area contributed by atoms with Crippen molar-refractivity contribution in [3.63, 3.8) is 0 Å². The van der Waals surface area contributed by atoms with Gasteiger partial charge in [-0.3, -0.25) is 4.90 Å². The summed E-state index contributed by atoms with van der Waals surface area (Å²) < 4.78 is 5.19. The Kier molecular flexibility index (Phi) is 4.11. The largest absolute Gasteiger partial charge is 0.496 e. The van der Waals surface area contributed by atoms with Crippen LogP contribution < -0.4 is 4.74 Å². The van der Waals surface area contributed by atoms with Gasteiger partial charge in [0.25, 0.3) is 0 Å². The van der Waals surface area contributed by atoms with Crippen molar-refractivity contribution in [2.75, 3.05) is 13.7 Å². The van der Waals surface area contributed by atoms with Crippen molar-refractivity contribution in [3.05, 3.63) is 64.7 Å². The van der Waals surface area contributed by atoms with E-state index < -0.39 is 5.97 Å². The molecule has 114 valence electrons. The summed E-state index contributed by atoms with van der Waals surface area (Å²) in [5.74, 6) is -0.544. The molecule has 3 rings (SSSR count). The molecule has 1 aliphatic heterocycles. The zero-order valence-electron chi connectivity index (χ0n) is 12.6. The molecule has 0 spiro atoms. The normalized spacial score (nSPS) is 14.4. The van der Waals surface area contributed by atoms with Crippen molar-refractivity contribution in [1.82, 2.24) is 4.90 Å². The molecule has 0 radical (unpaired) electrons. The molecule has 1 heterocycles. The van der Waals surface area contributed by atoms with E-state index in [0.717, 1.165) is 31.6 Å². The van der Waals surface area contributed by atoms with E-state index in [1.54, 1.807) is 6.07 Å². The van der Waals surface area contributed by atoms with Crippen LogP contribution in [0.25, 0.3) is 0 Å². The van der Waals surface area contributed by atoms with Crippen molar-refractivity contribution in [2.24, 2.45) is 0 Å². The van der Waals surface area contributed by atoms with E-state index in [1.165, 1.54) is 18.2 Å². The lowest BCUT2D eigenvalue weighted by Crippen LogP contribution is -2.30. The third kappa shape index (κ3) is 2.97. The third-order valence-corrected chi connectivity index (χ3v) is 4.11. The molecule has 1 N–H and O–H groups in total. The smallest absolute Gasteiger partial charge is 0.339 e. The van der Waals surface area contributed by atoms with Gasteiger partial charge < -0.3 is 9.84 Å². The van der Waals surface area contributed by atoms with Gasteiger partial charge in [-0.1, -0.05) is 30.3 Å². The minimum absolute atomic E-state index is 0.204. The van der Waals surface area contributed by atoms with Crippen LogP contribution in [-0.4, -0.2) is 29.6 Å². The highest BCUT2D eigenvalue weighted by atomic mass is 16.5. The van der Waals surface area contributed by atoms with E-state index in [-0.39, 0.29) is 5.56 Å². The van der Waals surface area contributed by atoms with Crippen LogP contribution in [0.5, 0.6) is 5.75 Å². The van der Waals surface area contributed by atoms with Crippen molar-refractivity contribution in [1.29, 1.82) is 0 Å². The van der Waals surface area contributed by atoms with Crippen LogP contribution in [-0.2, 0) is 19.5 Å². The van der Waals surface area contributed by atoms with Gasteiger partial charge in [0.1, 0.15) is 11.3 Å². The first kappa shape index (κ1) is 14.6. The number of hydrogen-bond acceptors (Lipinski definition) is 3. The topological polar surface area (TPSA) is 49.8 Å². The molecule has 1 aliphatic rings. The molecule has 0 bridgehead atoms. The molecule has 2 aromatic carbocycles. The second-order valence-corrected chi connectivity index (χ2v) is 5.57. The predicted molar refractivity (Wildman–Crippen MR) is 84.2 cm³/mol. The molecule has 0 saturated carbocycles. The van der Waals surface area contributed by atoms with Crippen LogP contribution in [0.2, 0.25) is 0 Å². The summed E-state index contributed by atoms with van der Waals surface area (Å²) >= 11 is 0. The summed E-state index contributed by atoms with van der Waals surface area (Å²) in [6, 6.07) is 13.8. The van der Waals surface area contributed by atoms with E-state index in [0.29, 0.717) is 5.75 Å². The first-order chi connectivity index (χ1) is 10.7. The highest BCUT2D eigenvalue weighted by molar-refractivity contribution is 5.90. The number of methoxy groups -OCH3 is 1. The van der Waals surface area contributed by atoms with Gasteiger partial charge in [0.2, 0.25) is 0 Å². The van der Waals surface area contributed by atoms with Crippen LogP contribution in [0.3, 0.4) is 0 Å². The third-order valence-electron chi connectivity index (χ3n) is 4.11. The van der Waals surface area contributed by atoms with E-state index in [2.05, 4.69) is 29.2 Å². The zero-order chi connectivity index (χ0) is 15.5. The van der Waals surface area contributed by atoms with Gasteiger partial charge >= 0.3 is 5.97 Å². The van der Waals surface area contributed by atoms with Crippen LogP contribution in [0, 0.1) is 0 Å². The Labute approximate surface area is 130 Å². The second-order valence-electron chi connectivity index (χ2n) is 5.57. The van der Waals surface area contributed by atoms with Crippen LogP contribution >= 0.6 is 0 Å². The summed E-state index contributed by atoms with van der Waals surface area (Å²) in [6.07, 6.45) is 1.06. The number of aromatic carboxylic acids is 1. The monoisotopic (exact) mass is 297 g/mol. The number of hydrogen-bond donors (Lipinski definition) is 1. The van der Waals surface area contributed by atoms with Crippen molar-refractivity contribution < 1.29 is 14.6 Å². The number of fused-ring (bicyclic) bond motifs is 1. The summed E-state index contributed by atoms with van der Waals surface area (Å²) in [5, 5.41) is 9.13. The summed E-state index contributed by atoms with van der Waals surface area (Å²) in [5.41, 5.74) is 4.08. The molecule has 0 unspecified atom stereocenters. The molecular formula is C18H19NO3. The average Bonchev–Trinajstić information content (AvgIpc) is 2.54. The molecule has 0 aromatic heterocycles. The van der Waals surface area contributed by atoms with Gasteiger partial charge in [-0.2, -0.15) is 0 Å². The Morgan fingerprint density at radius 1 is 1.23 bits per heavy atom. The van der Waals surface area contributed by atoms with E-state index >= 15 is 0 Å².